The van der Waals surface area contributed by atoms with Crippen LogP contribution in [0.4, 0.5) is 11.4 Å². The van der Waals surface area contributed by atoms with Crippen molar-refractivity contribution in [3.05, 3.63) is 24.3 Å². The summed E-state index contributed by atoms with van der Waals surface area (Å²) in [5.74, 6) is -0.442. The Kier molecular flexibility index (Phi) is 6.71. The van der Waals surface area contributed by atoms with Crippen LogP contribution in [0.2, 0.25) is 0 Å². The van der Waals surface area contributed by atoms with Crippen molar-refractivity contribution in [1.82, 2.24) is 4.31 Å². The van der Waals surface area contributed by atoms with Gasteiger partial charge in [-0.05, 0) is 38.1 Å². The van der Waals surface area contributed by atoms with Crippen molar-refractivity contribution in [1.29, 1.82) is 0 Å². The van der Waals surface area contributed by atoms with Crippen LogP contribution in [0.1, 0.15) is 27.2 Å². The number of carbonyl (C=O) groups is 2. The van der Waals surface area contributed by atoms with Crippen LogP contribution < -0.4 is 10.6 Å². The van der Waals surface area contributed by atoms with Crippen LogP contribution in [0.25, 0.3) is 0 Å². The summed E-state index contributed by atoms with van der Waals surface area (Å²) in [5, 5.41) is 5.32. The largest absolute Gasteiger partial charge is 0.326 e. The number of anilines is 2. The second kappa shape index (κ2) is 8.07. The number of hydrogen-bond acceptors (Lipinski definition) is 4. The highest BCUT2D eigenvalue weighted by Gasteiger charge is 2.20. The second-order valence-corrected chi connectivity index (χ2v) is 7.46. The number of nitrogens with zero attached hydrogens (tertiary/aromatic N) is 1. The van der Waals surface area contributed by atoms with Crippen LogP contribution >= 0.6 is 0 Å². The van der Waals surface area contributed by atoms with E-state index in [1.54, 1.807) is 38.1 Å². The molecule has 8 heteroatoms. The van der Waals surface area contributed by atoms with Gasteiger partial charge >= 0.3 is 0 Å². The molecule has 1 aromatic rings. The lowest BCUT2D eigenvalue weighted by molar-refractivity contribution is -0.116. The molecule has 0 fully saturated rings. The molecule has 0 radical (unpaired) electrons. The summed E-state index contributed by atoms with van der Waals surface area (Å²) in [5.41, 5.74) is 1.22. The molecule has 2 N–H and O–H groups in total. The molecular weight excluding hydrogens is 318 g/mol. The maximum absolute atomic E-state index is 11.9. The Morgan fingerprint density at radius 3 is 1.96 bits per heavy atom. The third-order valence-corrected chi connectivity index (χ3v) is 4.51. The van der Waals surface area contributed by atoms with E-state index >= 15 is 0 Å². The van der Waals surface area contributed by atoms with Crippen molar-refractivity contribution >= 4 is 33.2 Å². The molecule has 1 aromatic carbocycles. The molecule has 128 valence electrons. The number of sulfonamides is 1. The lowest BCUT2D eigenvalue weighted by atomic mass is 10.2. The number of nitrogens with one attached hydrogen (secondary N) is 2. The Hall–Kier alpha value is -1.93. The molecule has 0 aliphatic rings. The van der Waals surface area contributed by atoms with Crippen molar-refractivity contribution < 1.29 is 18.0 Å². The maximum Gasteiger partial charge on any atom is 0.225 e. The minimum Gasteiger partial charge on any atom is -0.326 e. The van der Waals surface area contributed by atoms with E-state index in [0.717, 1.165) is 6.26 Å². The molecule has 0 aliphatic carbocycles. The Balaban J connectivity index is 2.58. The van der Waals surface area contributed by atoms with Crippen LogP contribution in [0, 0.1) is 0 Å². The molecule has 1 rings (SSSR count). The number of amides is 2. The monoisotopic (exact) mass is 341 g/mol. The molecular formula is C15H23N3O4S. The molecule has 0 bridgehead atoms. The predicted octanol–water partition coefficient (Wildman–Crippen LogP) is 1.64. The standard InChI is InChI=1S/C15H23N3O4S/c1-11(2)18(23(4,21)22)10-9-15(20)17-14-7-5-13(6-8-14)16-12(3)19/h5-8,11H,9-10H2,1-4H3,(H,16,19)(H,17,20). The van der Waals surface area contributed by atoms with E-state index in [1.165, 1.54) is 11.2 Å². The smallest absolute Gasteiger partial charge is 0.225 e. The lowest BCUT2D eigenvalue weighted by Crippen LogP contribution is -2.38. The van der Waals surface area contributed by atoms with Gasteiger partial charge in [-0.2, -0.15) is 4.31 Å². The van der Waals surface area contributed by atoms with Gasteiger partial charge in [-0.1, -0.05) is 0 Å². The maximum atomic E-state index is 11.9. The lowest BCUT2D eigenvalue weighted by Gasteiger charge is -2.23. The Morgan fingerprint density at radius 1 is 1.09 bits per heavy atom. The molecule has 0 saturated carbocycles. The molecule has 0 aliphatic heterocycles. The van der Waals surface area contributed by atoms with Crippen LogP contribution in [-0.4, -0.2) is 43.4 Å². The van der Waals surface area contributed by atoms with Gasteiger partial charge in [0.05, 0.1) is 6.26 Å². The van der Waals surface area contributed by atoms with Crippen molar-refractivity contribution in [2.24, 2.45) is 0 Å². The van der Waals surface area contributed by atoms with Crippen molar-refractivity contribution in [2.75, 3.05) is 23.4 Å². The fourth-order valence-corrected chi connectivity index (χ4v) is 3.27. The first-order valence-corrected chi connectivity index (χ1v) is 9.08. The summed E-state index contributed by atoms with van der Waals surface area (Å²) in [6.45, 7) is 5.07. The fourth-order valence-electron chi connectivity index (χ4n) is 2.08. The van der Waals surface area contributed by atoms with Crippen molar-refractivity contribution in [3.63, 3.8) is 0 Å². The zero-order chi connectivity index (χ0) is 17.6. The number of hydrogen-bond donors (Lipinski definition) is 2. The molecule has 0 unspecified atom stereocenters. The summed E-state index contributed by atoms with van der Waals surface area (Å²) in [6.07, 6.45) is 1.20. The molecule has 0 aromatic heterocycles. The molecule has 2 amide bonds. The van der Waals surface area contributed by atoms with E-state index in [0.29, 0.717) is 11.4 Å². The van der Waals surface area contributed by atoms with E-state index in [1.807, 2.05) is 0 Å². The van der Waals surface area contributed by atoms with Gasteiger partial charge < -0.3 is 10.6 Å². The zero-order valence-electron chi connectivity index (χ0n) is 13.8. The topological polar surface area (TPSA) is 95.6 Å². The highest BCUT2D eigenvalue weighted by Crippen LogP contribution is 2.14. The number of carbonyl (C=O) groups excluding carboxylic acids is 2. The summed E-state index contributed by atoms with van der Waals surface area (Å²) >= 11 is 0. The first-order valence-electron chi connectivity index (χ1n) is 7.24. The summed E-state index contributed by atoms with van der Waals surface area (Å²) in [6, 6.07) is 6.48. The zero-order valence-corrected chi connectivity index (χ0v) is 14.6. The highest BCUT2D eigenvalue weighted by molar-refractivity contribution is 7.88. The van der Waals surface area contributed by atoms with Gasteiger partial charge in [-0.25, -0.2) is 8.42 Å². The minimum absolute atomic E-state index is 0.0682. The van der Waals surface area contributed by atoms with Crippen molar-refractivity contribution in [3.8, 4) is 0 Å². The molecule has 0 saturated heterocycles. The quantitative estimate of drug-likeness (QED) is 0.788. The minimum atomic E-state index is -3.34. The first kappa shape index (κ1) is 19.1. The summed E-state index contributed by atoms with van der Waals surface area (Å²) in [4.78, 5) is 22.9. The van der Waals surface area contributed by atoms with Gasteiger partial charge in [-0.3, -0.25) is 9.59 Å². The Labute approximate surface area is 137 Å². The third-order valence-electron chi connectivity index (χ3n) is 3.05. The second-order valence-electron chi connectivity index (χ2n) is 5.52. The Morgan fingerprint density at radius 2 is 1.57 bits per heavy atom. The van der Waals surface area contributed by atoms with Gasteiger partial charge in [0.2, 0.25) is 21.8 Å². The molecule has 23 heavy (non-hydrogen) atoms. The van der Waals surface area contributed by atoms with Gasteiger partial charge in [-0.15, -0.1) is 0 Å². The predicted molar refractivity (Wildman–Crippen MR) is 90.7 cm³/mol. The normalized spacial score (nSPS) is 11.6. The molecule has 7 nitrogen and oxygen atoms in total. The van der Waals surface area contributed by atoms with E-state index < -0.39 is 10.0 Å². The highest BCUT2D eigenvalue weighted by atomic mass is 32.2. The number of benzene rings is 1. The van der Waals surface area contributed by atoms with Crippen LogP contribution in [0.5, 0.6) is 0 Å². The van der Waals surface area contributed by atoms with E-state index in [4.69, 9.17) is 0 Å². The van der Waals surface area contributed by atoms with E-state index in [2.05, 4.69) is 10.6 Å². The third kappa shape index (κ3) is 6.79. The average Bonchev–Trinajstić information content (AvgIpc) is 2.38. The van der Waals surface area contributed by atoms with E-state index in [-0.39, 0.29) is 30.8 Å². The van der Waals surface area contributed by atoms with Crippen LogP contribution in [-0.2, 0) is 19.6 Å². The molecule has 0 atom stereocenters. The summed E-state index contributed by atoms with van der Waals surface area (Å²) in [7, 11) is -3.34. The van der Waals surface area contributed by atoms with Crippen LogP contribution in [0.15, 0.2) is 24.3 Å². The van der Waals surface area contributed by atoms with Gasteiger partial charge in [0.15, 0.2) is 0 Å². The van der Waals surface area contributed by atoms with Gasteiger partial charge in [0.1, 0.15) is 0 Å². The van der Waals surface area contributed by atoms with E-state index in [9.17, 15) is 18.0 Å². The Bertz CT molecular complexity index is 654. The number of rotatable bonds is 7. The average molecular weight is 341 g/mol. The van der Waals surface area contributed by atoms with Gasteiger partial charge in [0.25, 0.3) is 0 Å². The van der Waals surface area contributed by atoms with Crippen molar-refractivity contribution in [2.45, 2.75) is 33.2 Å². The fraction of sp³-hybridized carbons (Fsp3) is 0.467. The van der Waals surface area contributed by atoms with Gasteiger partial charge in [0, 0.05) is 37.3 Å². The molecule has 0 spiro atoms. The SMILES string of the molecule is CC(=O)Nc1ccc(NC(=O)CCN(C(C)C)S(C)(=O)=O)cc1. The molecule has 0 heterocycles. The first-order chi connectivity index (χ1) is 10.6. The van der Waals surface area contributed by atoms with Crippen LogP contribution in [0.3, 0.4) is 0 Å². The summed E-state index contributed by atoms with van der Waals surface area (Å²) < 4.78 is 24.5.